The van der Waals surface area contributed by atoms with Crippen LogP contribution < -0.4 is 19.7 Å². The van der Waals surface area contributed by atoms with Gasteiger partial charge in [-0.1, -0.05) is 6.07 Å². The Labute approximate surface area is 172 Å². The number of carbonyl (C=O) groups excluding carboxylic acids is 1. The second-order valence-electron chi connectivity index (χ2n) is 6.85. The molecule has 0 aliphatic rings. The molecule has 0 saturated heterocycles. The molecule has 0 aliphatic carbocycles. The van der Waals surface area contributed by atoms with Crippen LogP contribution in [0.25, 0.3) is 0 Å². The molecule has 0 fully saturated rings. The number of sulfonamides is 1. The van der Waals surface area contributed by atoms with Gasteiger partial charge in [0.2, 0.25) is 0 Å². The average molecular weight is 421 g/mol. The number of ether oxygens (including phenoxy) is 2. The van der Waals surface area contributed by atoms with Gasteiger partial charge in [-0.15, -0.1) is 4.83 Å². The largest absolute Gasteiger partial charge is 0.494 e. The number of hydrazine groups is 1. The van der Waals surface area contributed by atoms with Crippen molar-refractivity contribution in [2.45, 2.75) is 52.5 Å². The summed E-state index contributed by atoms with van der Waals surface area (Å²) in [6, 6.07) is 8.77. The highest BCUT2D eigenvalue weighted by Crippen LogP contribution is 2.25. The predicted octanol–water partition coefficient (Wildman–Crippen LogP) is 3.10. The van der Waals surface area contributed by atoms with Crippen molar-refractivity contribution in [1.82, 2.24) is 10.3 Å². The van der Waals surface area contributed by atoms with Gasteiger partial charge in [-0.25, -0.2) is 8.42 Å². The van der Waals surface area contributed by atoms with Crippen LogP contribution in [-0.2, 0) is 14.8 Å². The molecule has 2 aromatic rings. The van der Waals surface area contributed by atoms with Gasteiger partial charge in [-0.3, -0.25) is 10.2 Å². The highest BCUT2D eigenvalue weighted by Gasteiger charge is 2.24. The van der Waals surface area contributed by atoms with Gasteiger partial charge < -0.3 is 9.47 Å². The number of hydrogen-bond donors (Lipinski definition) is 2. The summed E-state index contributed by atoms with van der Waals surface area (Å²) in [7, 11) is -3.93. The van der Waals surface area contributed by atoms with Crippen LogP contribution >= 0.6 is 0 Å². The number of amides is 1. The van der Waals surface area contributed by atoms with E-state index in [2.05, 4.69) is 10.3 Å². The van der Waals surface area contributed by atoms with Crippen molar-refractivity contribution in [3.05, 3.63) is 52.6 Å². The molecule has 0 radical (unpaired) electrons. The first-order chi connectivity index (χ1) is 13.6. The van der Waals surface area contributed by atoms with Crippen LogP contribution in [0, 0.1) is 27.7 Å². The Hall–Kier alpha value is -2.58. The molecule has 0 saturated carbocycles. The van der Waals surface area contributed by atoms with E-state index in [0.29, 0.717) is 29.2 Å². The molecule has 0 unspecified atom stereocenters. The van der Waals surface area contributed by atoms with Gasteiger partial charge in [0, 0.05) is 0 Å². The third-order valence-electron chi connectivity index (χ3n) is 4.69. The highest BCUT2D eigenvalue weighted by molar-refractivity contribution is 7.89. The Kier molecular flexibility index (Phi) is 7.26. The topological polar surface area (TPSA) is 93.7 Å². The Bertz CT molecular complexity index is 959. The van der Waals surface area contributed by atoms with Crippen LogP contribution in [0.5, 0.6) is 11.5 Å². The smallest absolute Gasteiger partial charge is 0.275 e. The van der Waals surface area contributed by atoms with E-state index in [9.17, 15) is 13.2 Å². The first-order valence-electron chi connectivity index (χ1n) is 9.35. The third-order valence-corrected chi connectivity index (χ3v) is 6.21. The lowest BCUT2D eigenvalue weighted by Gasteiger charge is -2.18. The Morgan fingerprint density at radius 2 is 1.52 bits per heavy atom. The summed E-state index contributed by atoms with van der Waals surface area (Å²) in [5.74, 6) is 0.561. The molecule has 1 amide bonds. The molecule has 2 rings (SSSR count). The molecular formula is C21H28N2O5S. The van der Waals surface area contributed by atoms with Gasteiger partial charge in [-0.2, -0.15) is 0 Å². The normalized spacial score (nSPS) is 12.3. The molecule has 0 aliphatic heterocycles. The first-order valence-corrected chi connectivity index (χ1v) is 10.8. The maximum atomic E-state index is 12.8. The van der Waals surface area contributed by atoms with Gasteiger partial charge >= 0.3 is 0 Å². The van der Waals surface area contributed by atoms with Crippen LogP contribution in [0.3, 0.4) is 0 Å². The van der Waals surface area contributed by atoms with E-state index < -0.39 is 22.0 Å². The van der Waals surface area contributed by atoms with Crippen molar-refractivity contribution in [3.8, 4) is 11.5 Å². The molecule has 0 aromatic heterocycles. The molecule has 8 heteroatoms. The fraction of sp³-hybridized carbons (Fsp3) is 0.381. The third kappa shape index (κ3) is 5.48. The quantitative estimate of drug-likeness (QED) is 0.640. The Balaban J connectivity index is 2.06. The number of rotatable bonds is 8. The van der Waals surface area contributed by atoms with E-state index in [1.165, 1.54) is 6.92 Å². The number of aryl methyl sites for hydroxylation is 2. The van der Waals surface area contributed by atoms with Crippen molar-refractivity contribution in [2.75, 3.05) is 6.61 Å². The molecule has 7 nitrogen and oxygen atoms in total. The standard InChI is InChI=1S/C21H28N2O5S/c1-7-27-18-8-10-19(11-9-18)28-17(6)21(24)22-23-29(25,26)20-15(4)13(2)12-14(3)16(20)5/h8-12,17,23H,7H2,1-6H3,(H,22,24)/t17-/m0/s1. The molecular weight excluding hydrogens is 392 g/mol. The summed E-state index contributed by atoms with van der Waals surface area (Å²) in [6.45, 7) is 11.2. The number of benzene rings is 2. The van der Waals surface area contributed by atoms with E-state index in [4.69, 9.17) is 9.47 Å². The van der Waals surface area contributed by atoms with Crippen molar-refractivity contribution in [2.24, 2.45) is 0 Å². The summed E-state index contributed by atoms with van der Waals surface area (Å²) in [6.07, 6.45) is -0.905. The molecule has 2 aromatic carbocycles. The van der Waals surface area contributed by atoms with Gasteiger partial charge in [0.1, 0.15) is 11.5 Å². The zero-order valence-electron chi connectivity index (χ0n) is 17.6. The second-order valence-corrected chi connectivity index (χ2v) is 8.47. The molecule has 158 valence electrons. The minimum Gasteiger partial charge on any atom is -0.494 e. The lowest BCUT2D eigenvalue weighted by Crippen LogP contribution is -2.47. The van der Waals surface area contributed by atoms with E-state index >= 15 is 0 Å². The highest BCUT2D eigenvalue weighted by atomic mass is 32.2. The summed E-state index contributed by atoms with van der Waals surface area (Å²) in [5, 5.41) is 0. The fourth-order valence-corrected chi connectivity index (χ4v) is 4.36. The average Bonchev–Trinajstić information content (AvgIpc) is 2.66. The van der Waals surface area contributed by atoms with Gasteiger partial charge in [-0.05, 0) is 88.1 Å². The predicted molar refractivity (Wildman–Crippen MR) is 112 cm³/mol. The minimum absolute atomic E-state index is 0.176. The molecule has 1 atom stereocenters. The van der Waals surface area contributed by atoms with E-state index in [-0.39, 0.29) is 4.90 Å². The van der Waals surface area contributed by atoms with Crippen molar-refractivity contribution in [1.29, 1.82) is 0 Å². The molecule has 2 N–H and O–H groups in total. The van der Waals surface area contributed by atoms with Crippen LogP contribution in [0.15, 0.2) is 35.2 Å². The molecule has 29 heavy (non-hydrogen) atoms. The first kappa shape index (κ1) is 22.7. The van der Waals surface area contributed by atoms with E-state index in [1.54, 1.807) is 38.1 Å². The fourth-order valence-electron chi connectivity index (χ4n) is 2.89. The maximum absolute atomic E-state index is 12.8. The summed E-state index contributed by atoms with van der Waals surface area (Å²) < 4.78 is 36.5. The van der Waals surface area contributed by atoms with Crippen LogP contribution in [-0.4, -0.2) is 27.0 Å². The molecule has 0 bridgehead atoms. The molecule has 0 heterocycles. The molecule has 0 spiro atoms. The number of hydrogen-bond acceptors (Lipinski definition) is 5. The monoisotopic (exact) mass is 420 g/mol. The van der Waals surface area contributed by atoms with Gasteiger partial charge in [0.25, 0.3) is 15.9 Å². The van der Waals surface area contributed by atoms with Crippen molar-refractivity contribution < 1.29 is 22.7 Å². The van der Waals surface area contributed by atoms with Crippen molar-refractivity contribution in [3.63, 3.8) is 0 Å². The Morgan fingerprint density at radius 3 is 2.03 bits per heavy atom. The van der Waals surface area contributed by atoms with Crippen LogP contribution in [0.4, 0.5) is 0 Å². The van der Waals surface area contributed by atoms with Gasteiger partial charge in [0.15, 0.2) is 6.10 Å². The summed E-state index contributed by atoms with van der Waals surface area (Å²) >= 11 is 0. The zero-order chi connectivity index (χ0) is 21.8. The SMILES string of the molecule is CCOc1ccc(O[C@@H](C)C(=O)NNS(=O)(=O)c2c(C)c(C)cc(C)c2C)cc1. The van der Waals surface area contributed by atoms with Crippen molar-refractivity contribution >= 4 is 15.9 Å². The lowest BCUT2D eigenvalue weighted by molar-refractivity contribution is -0.127. The van der Waals surface area contributed by atoms with E-state index in [0.717, 1.165) is 11.1 Å². The number of carbonyl (C=O) groups is 1. The van der Waals surface area contributed by atoms with Crippen LogP contribution in [0.1, 0.15) is 36.1 Å². The number of nitrogens with one attached hydrogen (secondary N) is 2. The Morgan fingerprint density at radius 1 is 1.00 bits per heavy atom. The summed E-state index contributed by atoms with van der Waals surface area (Å²) in [4.78, 5) is 14.7. The zero-order valence-corrected chi connectivity index (χ0v) is 18.4. The van der Waals surface area contributed by atoms with Crippen LogP contribution in [0.2, 0.25) is 0 Å². The summed E-state index contributed by atoms with van der Waals surface area (Å²) in [5.41, 5.74) is 5.27. The maximum Gasteiger partial charge on any atom is 0.275 e. The van der Waals surface area contributed by atoms with E-state index in [1.807, 2.05) is 26.8 Å². The van der Waals surface area contributed by atoms with Gasteiger partial charge in [0.05, 0.1) is 11.5 Å². The lowest BCUT2D eigenvalue weighted by atomic mass is 10.0. The minimum atomic E-state index is -3.93. The second kappa shape index (κ2) is 9.28.